The van der Waals surface area contributed by atoms with Crippen molar-refractivity contribution in [1.29, 1.82) is 0 Å². The fourth-order valence-electron chi connectivity index (χ4n) is 5.75. The first-order chi connectivity index (χ1) is 24.9. The fraction of sp³-hybridized carbons (Fsp3) is 0.163. The zero-order valence-electron chi connectivity index (χ0n) is 28.5. The summed E-state index contributed by atoms with van der Waals surface area (Å²) >= 11 is 0. The zero-order chi connectivity index (χ0) is 35.6. The van der Waals surface area contributed by atoms with Crippen molar-refractivity contribution in [2.24, 2.45) is 0 Å². The maximum Gasteiger partial charge on any atom is 0.330 e. The van der Waals surface area contributed by atoms with Gasteiger partial charge in [-0.3, -0.25) is 0 Å². The molecule has 8 nitrogen and oxygen atoms in total. The molecule has 8 heteroatoms. The molecule has 5 aromatic carbocycles. The van der Waals surface area contributed by atoms with Gasteiger partial charge in [0.15, 0.2) is 0 Å². The Morgan fingerprint density at radius 1 is 0.627 bits per heavy atom. The van der Waals surface area contributed by atoms with E-state index in [0.717, 1.165) is 67.8 Å². The van der Waals surface area contributed by atoms with Gasteiger partial charge in [-0.05, 0) is 102 Å². The first-order valence-electron chi connectivity index (χ1n) is 16.8. The van der Waals surface area contributed by atoms with E-state index in [0.29, 0.717) is 37.6 Å². The highest BCUT2D eigenvalue weighted by Crippen LogP contribution is 2.40. The molecule has 6 aromatic rings. The maximum absolute atomic E-state index is 11.3. The summed E-state index contributed by atoms with van der Waals surface area (Å²) in [5.41, 5.74) is 7.93. The fourth-order valence-corrected chi connectivity index (χ4v) is 5.75. The first kappa shape index (κ1) is 34.6. The number of rotatable bonds is 16. The van der Waals surface area contributed by atoms with Gasteiger partial charge in [-0.15, -0.1) is 0 Å². The van der Waals surface area contributed by atoms with Crippen molar-refractivity contribution < 1.29 is 33.0 Å². The Kier molecular flexibility index (Phi) is 11.1. The number of hydrogen-bond donors (Lipinski definition) is 0. The summed E-state index contributed by atoms with van der Waals surface area (Å²) in [7, 11) is 0. The van der Waals surface area contributed by atoms with Crippen LogP contribution < -0.4 is 14.4 Å². The molecular formula is C43H39NO7. The average Bonchev–Trinajstić information content (AvgIpc) is 3.54. The Balaban J connectivity index is 1.27. The molecule has 51 heavy (non-hydrogen) atoms. The average molecular weight is 682 g/mol. The third-order valence-electron chi connectivity index (χ3n) is 8.29. The Labute approximate surface area is 297 Å². The molecular weight excluding hydrogens is 642 g/mol. The monoisotopic (exact) mass is 681 g/mol. The summed E-state index contributed by atoms with van der Waals surface area (Å²) in [5.74, 6) is 0.531. The van der Waals surface area contributed by atoms with Crippen LogP contribution in [0, 0.1) is 6.92 Å². The standard InChI is InChI=1S/C43H39NO7/c1-4-42(45)49-26-8-24-47-35-19-15-32(16-20-35)44(33-17-21-36(22-18-33)48-25-9-27-50-43(46)5-2)34-14-12-30(3)38(29-34)31-13-23-41-39(28-31)37-10-6-7-11-40(37)51-41/h4-7,10-23,28-29H,1-2,8-9,24-27H2,3H3. The molecule has 6 rings (SSSR count). The Hall–Kier alpha value is -6.28. The van der Waals surface area contributed by atoms with Crippen molar-refractivity contribution in [3.05, 3.63) is 140 Å². The van der Waals surface area contributed by atoms with Crippen molar-refractivity contribution in [2.45, 2.75) is 19.8 Å². The normalized spacial score (nSPS) is 10.8. The summed E-state index contributed by atoms with van der Waals surface area (Å²) in [6.45, 7) is 10.3. The second kappa shape index (κ2) is 16.4. The van der Waals surface area contributed by atoms with Crippen LogP contribution in [-0.2, 0) is 19.1 Å². The Bertz CT molecular complexity index is 2070. The number of anilines is 3. The molecule has 0 saturated heterocycles. The maximum atomic E-state index is 11.3. The summed E-state index contributed by atoms with van der Waals surface area (Å²) in [6.07, 6.45) is 3.42. The predicted octanol–water partition coefficient (Wildman–Crippen LogP) is 10.0. The van der Waals surface area contributed by atoms with Gasteiger partial charge in [0.05, 0.1) is 26.4 Å². The van der Waals surface area contributed by atoms with Gasteiger partial charge >= 0.3 is 11.9 Å². The molecule has 0 aliphatic carbocycles. The van der Waals surface area contributed by atoms with Crippen LogP contribution in [0.5, 0.6) is 11.5 Å². The molecule has 0 amide bonds. The van der Waals surface area contributed by atoms with Crippen LogP contribution in [0.1, 0.15) is 18.4 Å². The molecule has 0 radical (unpaired) electrons. The zero-order valence-corrected chi connectivity index (χ0v) is 28.5. The second-order valence-electron chi connectivity index (χ2n) is 11.8. The predicted molar refractivity (Wildman–Crippen MR) is 201 cm³/mol. The number of hydrogen-bond acceptors (Lipinski definition) is 8. The molecule has 258 valence electrons. The molecule has 0 bridgehead atoms. The van der Waals surface area contributed by atoms with Crippen LogP contribution in [-0.4, -0.2) is 38.4 Å². The van der Waals surface area contributed by atoms with Crippen molar-refractivity contribution in [3.63, 3.8) is 0 Å². The SMILES string of the molecule is C=CC(=O)OCCCOc1ccc(N(c2ccc(OCCCOC(=O)C=C)cc2)c2ccc(C)c(-c3ccc4oc5ccccc5c4c3)c2)cc1. The van der Waals surface area contributed by atoms with E-state index in [1.165, 1.54) is 0 Å². The number of carbonyl (C=O) groups is 2. The molecule has 0 fully saturated rings. The molecule has 1 heterocycles. The van der Waals surface area contributed by atoms with E-state index in [9.17, 15) is 9.59 Å². The lowest BCUT2D eigenvalue weighted by molar-refractivity contribution is -0.138. The highest BCUT2D eigenvalue weighted by molar-refractivity contribution is 6.06. The number of carbonyl (C=O) groups excluding carboxylic acids is 2. The molecule has 0 N–H and O–H groups in total. The lowest BCUT2D eigenvalue weighted by Crippen LogP contribution is -2.11. The Morgan fingerprint density at radius 3 is 1.76 bits per heavy atom. The molecule has 0 spiro atoms. The molecule has 0 unspecified atom stereocenters. The van der Waals surface area contributed by atoms with Crippen molar-refractivity contribution in [2.75, 3.05) is 31.3 Å². The van der Waals surface area contributed by atoms with Gasteiger partial charge in [0.25, 0.3) is 0 Å². The number of benzene rings is 5. The molecule has 0 atom stereocenters. The van der Waals surface area contributed by atoms with Crippen LogP contribution in [0.3, 0.4) is 0 Å². The van der Waals surface area contributed by atoms with Gasteiger partial charge in [0.1, 0.15) is 22.7 Å². The lowest BCUT2D eigenvalue weighted by Gasteiger charge is -2.27. The topological polar surface area (TPSA) is 87.4 Å². The third kappa shape index (κ3) is 8.48. The smallest absolute Gasteiger partial charge is 0.330 e. The van der Waals surface area contributed by atoms with Crippen LogP contribution in [0.4, 0.5) is 17.1 Å². The molecule has 0 aliphatic rings. The van der Waals surface area contributed by atoms with Crippen LogP contribution >= 0.6 is 0 Å². The number of ether oxygens (including phenoxy) is 4. The van der Waals surface area contributed by atoms with Gasteiger partial charge in [0, 0.05) is 52.8 Å². The van der Waals surface area contributed by atoms with E-state index < -0.39 is 11.9 Å². The minimum Gasteiger partial charge on any atom is -0.493 e. The minimum atomic E-state index is -0.444. The van der Waals surface area contributed by atoms with E-state index in [1.54, 1.807) is 0 Å². The van der Waals surface area contributed by atoms with E-state index in [2.05, 4.69) is 61.4 Å². The number of para-hydroxylation sites is 1. The number of aryl methyl sites for hydroxylation is 1. The van der Waals surface area contributed by atoms with Crippen LogP contribution in [0.15, 0.2) is 139 Å². The van der Waals surface area contributed by atoms with Crippen LogP contribution in [0.2, 0.25) is 0 Å². The molecule has 0 aliphatic heterocycles. The van der Waals surface area contributed by atoms with Gasteiger partial charge in [-0.25, -0.2) is 9.59 Å². The summed E-state index contributed by atoms with van der Waals surface area (Å²) < 4.78 is 28.0. The van der Waals surface area contributed by atoms with E-state index in [1.807, 2.05) is 72.8 Å². The van der Waals surface area contributed by atoms with Gasteiger partial charge in [0.2, 0.25) is 0 Å². The van der Waals surface area contributed by atoms with Crippen molar-refractivity contribution >= 4 is 50.9 Å². The van der Waals surface area contributed by atoms with Crippen molar-refractivity contribution in [3.8, 4) is 22.6 Å². The molecule has 1 aromatic heterocycles. The van der Waals surface area contributed by atoms with Crippen molar-refractivity contribution in [1.82, 2.24) is 0 Å². The van der Waals surface area contributed by atoms with E-state index in [4.69, 9.17) is 23.4 Å². The number of furan rings is 1. The van der Waals surface area contributed by atoms with Gasteiger partial charge in [-0.2, -0.15) is 0 Å². The first-order valence-corrected chi connectivity index (χ1v) is 16.8. The van der Waals surface area contributed by atoms with Crippen LogP contribution in [0.25, 0.3) is 33.1 Å². The quantitative estimate of drug-likeness (QED) is 0.0567. The van der Waals surface area contributed by atoms with Gasteiger partial charge < -0.3 is 28.3 Å². The minimum absolute atomic E-state index is 0.263. The lowest BCUT2D eigenvalue weighted by atomic mass is 9.97. The van der Waals surface area contributed by atoms with Gasteiger partial charge in [-0.1, -0.05) is 43.5 Å². The second-order valence-corrected chi connectivity index (χ2v) is 11.8. The summed E-state index contributed by atoms with van der Waals surface area (Å²) in [4.78, 5) is 24.8. The number of fused-ring (bicyclic) bond motifs is 3. The summed E-state index contributed by atoms with van der Waals surface area (Å²) in [5, 5.41) is 2.17. The highest BCUT2D eigenvalue weighted by Gasteiger charge is 2.16. The van der Waals surface area contributed by atoms with E-state index in [-0.39, 0.29) is 13.2 Å². The number of esters is 2. The highest BCUT2D eigenvalue weighted by atomic mass is 16.5. The molecule has 0 saturated carbocycles. The van der Waals surface area contributed by atoms with E-state index >= 15 is 0 Å². The largest absolute Gasteiger partial charge is 0.493 e. The number of nitrogens with zero attached hydrogens (tertiary/aromatic N) is 1. The Morgan fingerprint density at radius 2 is 1.18 bits per heavy atom. The third-order valence-corrected chi connectivity index (χ3v) is 8.29. The summed E-state index contributed by atoms with van der Waals surface area (Å²) in [6, 6.07) is 36.7.